The molecule has 0 bridgehead atoms. The molecule has 2 heterocycles. The van der Waals surface area contributed by atoms with Gasteiger partial charge in [0.25, 0.3) is 0 Å². The van der Waals surface area contributed by atoms with Crippen LogP contribution in [0.2, 0.25) is 5.02 Å². The molecule has 2 aromatic rings. The number of hydrogen-bond donors (Lipinski definition) is 0. The molecule has 0 atom stereocenters. The van der Waals surface area contributed by atoms with Gasteiger partial charge in [-0.15, -0.1) is 11.6 Å². The zero-order valence-electron chi connectivity index (χ0n) is 11.7. The number of alkyl halides is 1. The molecule has 20 heavy (non-hydrogen) atoms. The lowest BCUT2D eigenvalue weighted by Gasteiger charge is -2.41. The largest absolute Gasteiger partial charge is 0.312 e. The van der Waals surface area contributed by atoms with Crippen LogP contribution < -0.4 is 0 Å². The predicted molar refractivity (Wildman–Crippen MR) is 83.5 cm³/mol. The van der Waals surface area contributed by atoms with Crippen LogP contribution in [0.1, 0.15) is 38.4 Å². The molecule has 0 N–H and O–H groups in total. The van der Waals surface area contributed by atoms with E-state index in [1.807, 2.05) is 6.07 Å². The smallest absolute Gasteiger partial charge is 0.160 e. The Morgan fingerprint density at radius 3 is 2.80 bits per heavy atom. The van der Waals surface area contributed by atoms with Crippen molar-refractivity contribution in [3.63, 3.8) is 0 Å². The van der Waals surface area contributed by atoms with Crippen molar-refractivity contribution >= 4 is 34.4 Å². The Labute approximate surface area is 129 Å². The Morgan fingerprint density at radius 1 is 1.40 bits per heavy atom. The molecule has 0 aliphatic heterocycles. The van der Waals surface area contributed by atoms with E-state index in [1.165, 1.54) is 25.7 Å². The van der Waals surface area contributed by atoms with Gasteiger partial charge in [0, 0.05) is 25.0 Å². The van der Waals surface area contributed by atoms with E-state index in [9.17, 15) is 0 Å². The van der Waals surface area contributed by atoms with Gasteiger partial charge in [0.05, 0.1) is 5.02 Å². The Kier molecular flexibility index (Phi) is 3.91. The van der Waals surface area contributed by atoms with Gasteiger partial charge in [-0.25, -0.2) is 9.97 Å². The summed E-state index contributed by atoms with van der Waals surface area (Å²) in [5, 5.41) is 0.633. The fraction of sp³-hybridized carbons (Fsp3) is 0.600. The van der Waals surface area contributed by atoms with E-state index in [2.05, 4.69) is 21.5 Å². The number of hydrogen-bond acceptors (Lipinski definition) is 2. The number of nitrogens with zero attached hydrogens (tertiary/aromatic N) is 3. The van der Waals surface area contributed by atoms with Crippen molar-refractivity contribution in [2.24, 2.45) is 5.41 Å². The van der Waals surface area contributed by atoms with Gasteiger partial charge in [0.15, 0.2) is 5.65 Å². The number of pyridine rings is 1. The number of imidazole rings is 1. The van der Waals surface area contributed by atoms with Gasteiger partial charge in [-0.05, 0) is 30.7 Å². The van der Waals surface area contributed by atoms with Crippen molar-refractivity contribution in [3.05, 3.63) is 23.1 Å². The van der Waals surface area contributed by atoms with Gasteiger partial charge < -0.3 is 4.57 Å². The molecule has 1 aliphatic carbocycles. The van der Waals surface area contributed by atoms with E-state index in [-0.39, 0.29) is 0 Å². The average Bonchev–Trinajstić information content (AvgIpc) is 2.71. The molecule has 2 aromatic heterocycles. The first-order valence-corrected chi connectivity index (χ1v) is 8.15. The fourth-order valence-corrected chi connectivity index (χ4v) is 3.43. The molecule has 3 nitrogen and oxygen atoms in total. The summed E-state index contributed by atoms with van der Waals surface area (Å²) < 4.78 is 2.26. The van der Waals surface area contributed by atoms with Crippen LogP contribution >= 0.6 is 23.2 Å². The second kappa shape index (κ2) is 5.53. The first-order chi connectivity index (χ1) is 9.67. The number of aryl methyl sites for hydroxylation is 1. The summed E-state index contributed by atoms with van der Waals surface area (Å²) in [4.78, 5) is 9.16. The zero-order valence-corrected chi connectivity index (χ0v) is 13.2. The van der Waals surface area contributed by atoms with E-state index in [1.54, 1.807) is 6.20 Å². The van der Waals surface area contributed by atoms with Crippen LogP contribution in [0.3, 0.4) is 0 Å². The number of rotatable bonds is 5. The van der Waals surface area contributed by atoms with Gasteiger partial charge in [-0.1, -0.05) is 24.9 Å². The summed E-state index contributed by atoms with van der Waals surface area (Å²) in [6, 6.07) is 1.89. The van der Waals surface area contributed by atoms with Gasteiger partial charge >= 0.3 is 0 Å². The Balaban J connectivity index is 2.04. The summed E-state index contributed by atoms with van der Waals surface area (Å²) in [5.41, 5.74) is 2.24. The van der Waals surface area contributed by atoms with Crippen molar-refractivity contribution in [2.75, 3.05) is 5.88 Å². The van der Waals surface area contributed by atoms with Crippen LogP contribution in [-0.2, 0) is 13.0 Å². The number of halogens is 2. The summed E-state index contributed by atoms with van der Waals surface area (Å²) in [5.74, 6) is 1.61. The lowest BCUT2D eigenvalue weighted by atomic mass is 9.67. The van der Waals surface area contributed by atoms with Crippen LogP contribution in [0.5, 0.6) is 0 Å². The molecule has 0 spiro atoms. The molecule has 1 fully saturated rings. The first kappa shape index (κ1) is 14.2. The minimum atomic E-state index is 0.427. The van der Waals surface area contributed by atoms with Crippen LogP contribution in [-0.4, -0.2) is 20.4 Å². The maximum Gasteiger partial charge on any atom is 0.160 e. The average molecular weight is 312 g/mol. The minimum Gasteiger partial charge on any atom is -0.312 e. The Hall–Kier alpha value is -0.800. The van der Waals surface area contributed by atoms with Crippen molar-refractivity contribution in [3.8, 4) is 0 Å². The fourth-order valence-electron chi connectivity index (χ4n) is 3.11. The van der Waals surface area contributed by atoms with Crippen LogP contribution in [0.15, 0.2) is 12.3 Å². The quantitative estimate of drug-likeness (QED) is 0.764. The molecule has 1 aliphatic rings. The summed E-state index contributed by atoms with van der Waals surface area (Å²) in [6.07, 6.45) is 7.63. The summed E-state index contributed by atoms with van der Waals surface area (Å²) in [6.45, 7) is 3.28. The SMILES string of the molecule is CCC1(Cn2c(CCCl)nc3cc(Cl)cnc32)CCC1. The topological polar surface area (TPSA) is 30.7 Å². The van der Waals surface area contributed by atoms with E-state index in [4.69, 9.17) is 23.2 Å². The summed E-state index contributed by atoms with van der Waals surface area (Å²) in [7, 11) is 0. The van der Waals surface area contributed by atoms with E-state index in [0.29, 0.717) is 16.3 Å². The summed E-state index contributed by atoms with van der Waals surface area (Å²) >= 11 is 11.9. The highest BCUT2D eigenvalue weighted by Gasteiger charge is 2.36. The minimum absolute atomic E-state index is 0.427. The van der Waals surface area contributed by atoms with Crippen molar-refractivity contribution in [2.45, 2.75) is 45.6 Å². The molecule has 0 aromatic carbocycles. The van der Waals surface area contributed by atoms with E-state index in [0.717, 1.165) is 30.0 Å². The molecule has 0 saturated heterocycles. The Bertz CT molecular complexity index is 611. The second-order valence-electron chi connectivity index (χ2n) is 5.76. The zero-order chi connectivity index (χ0) is 14.2. The molecular formula is C15H19Cl2N3. The lowest BCUT2D eigenvalue weighted by molar-refractivity contribution is 0.101. The second-order valence-corrected chi connectivity index (χ2v) is 6.57. The maximum absolute atomic E-state index is 6.02. The molecule has 0 radical (unpaired) electrons. The van der Waals surface area contributed by atoms with Gasteiger partial charge in [-0.3, -0.25) is 0 Å². The first-order valence-electron chi connectivity index (χ1n) is 7.24. The molecule has 1 saturated carbocycles. The molecule has 0 amide bonds. The standard InChI is InChI=1S/C15H19Cl2N3/c1-2-15(5-3-6-15)10-20-13(4-7-16)19-12-8-11(17)9-18-14(12)20/h8-9H,2-7,10H2,1H3. The van der Waals surface area contributed by atoms with E-state index < -0.39 is 0 Å². The molecule has 5 heteroatoms. The Morgan fingerprint density at radius 2 is 2.20 bits per heavy atom. The van der Waals surface area contributed by atoms with Crippen LogP contribution in [0.4, 0.5) is 0 Å². The van der Waals surface area contributed by atoms with Crippen LogP contribution in [0.25, 0.3) is 11.2 Å². The van der Waals surface area contributed by atoms with Gasteiger partial charge in [0.1, 0.15) is 11.3 Å². The highest BCUT2D eigenvalue weighted by Crippen LogP contribution is 2.45. The maximum atomic E-state index is 6.02. The van der Waals surface area contributed by atoms with Crippen molar-refractivity contribution in [1.29, 1.82) is 0 Å². The molecular weight excluding hydrogens is 293 g/mol. The highest BCUT2D eigenvalue weighted by atomic mass is 35.5. The van der Waals surface area contributed by atoms with Crippen molar-refractivity contribution < 1.29 is 0 Å². The third-order valence-electron chi connectivity index (χ3n) is 4.61. The third-order valence-corrected chi connectivity index (χ3v) is 5.00. The third kappa shape index (κ3) is 2.42. The molecule has 0 unspecified atom stereocenters. The van der Waals surface area contributed by atoms with Gasteiger partial charge in [-0.2, -0.15) is 0 Å². The monoisotopic (exact) mass is 311 g/mol. The molecule has 108 valence electrons. The van der Waals surface area contributed by atoms with Crippen LogP contribution in [0, 0.1) is 5.41 Å². The molecule has 3 rings (SSSR count). The normalized spacial score (nSPS) is 17.4. The van der Waals surface area contributed by atoms with Gasteiger partial charge in [0.2, 0.25) is 0 Å². The van der Waals surface area contributed by atoms with Crippen molar-refractivity contribution in [1.82, 2.24) is 14.5 Å². The predicted octanol–water partition coefficient (Wildman–Crippen LogP) is 4.45. The number of fused-ring (bicyclic) bond motifs is 1. The van der Waals surface area contributed by atoms with E-state index >= 15 is 0 Å². The number of aromatic nitrogens is 3. The lowest BCUT2D eigenvalue weighted by Crippen LogP contribution is -2.34. The highest BCUT2D eigenvalue weighted by molar-refractivity contribution is 6.31.